The molecule has 0 N–H and O–H groups in total. The summed E-state index contributed by atoms with van der Waals surface area (Å²) in [5.41, 5.74) is 0. The van der Waals surface area contributed by atoms with Gasteiger partial charge < -0.3 is 0 Å². The maximum atomic E-state index is 2.98. The molecule has 0 aromatic carbocycles. The third-order valence-electron chi connectivity index (χ3n) is 7.20. The van der Waals surface area contributed by atoms with Gasteiger partial charge in [0.05, 0.1) is 0 Å². The van der Waals surface area contributed by atoms with Gasteiger partial charge in [-0.15, -0.1) is 0 Å². The molecule has 0 amide bonds. The highest BCUT2D eigenvalue weighted by Crippen LogP contribution is 3.12. The third kappa shape index (κ3) is 0.0887. The van der Waals surface area contributed by atoms with Crippen LogP contribution in [0.2, 0.25) is 0 Å². The minimum atomic E-state index is -0.611. The summed E-state index contributed by atoms with van der Waals surface area (Å²) in [6.45, 7) is 0. The summed E-state index contributed by atoms with van der Waals surface area (Å²) in [4.78, 5) is 0. The lowest BCUT2D eigenvalue weighted by Crippen LogP contribution is -3.81. The van der Waals surface area contributed by atoms with Gasteiger partial charge in [-0.05, 0) is 0 Å². The van der Waals surface area contributed by atoms with E-state index >= 15 is 0 Å². The van der Waals surface area contributed by atoms with Crippen molar-refractivity contribution in [3.63, 3.8) is 0 Å². The van der Waals surface area contributed by atoms with Gasteiger partial charge in [-0.1, -0.05) is 0 Å². The van der Waals surface area contributed by atoms with Gasteiger partial charge in [0, 0.05) is 0 Å². The summed E-state index contributed by atoms with van der Waals surface area (Å²) < 4.78 is 23.8. The molecule has 26 aliphatic heterocycles. The third-order valence-corrected chi connectivity index (χ3v) is 64.8. The summed E-state index contributed by atoms with van der Waals surface area (Å²) in [6.07, 6.45) is 0. The molecule has 14 bridgehead atoms. The average Bonchev–Trinajstić information content (AvgIpc) is 0.640. The first-order valence-corrected chi connectivity index (χ1v) is 16.1. The summed E-state index contributed by atoms with van der Waals surface area (Å²) in [5, 5.41) is 0. The fraction of sp³-hybridized carbons (Fsp3) is 0. The SMILES string of the molecule is N12[Si]34N5[Si]16N3[Si]25N46.N12[Si]34N5[Si]16N3[Si]25N46. The van der Waals surface area contributed by atoms with Crippen molar-refractivity contribution in [3.8, 4) is 0 Å². The molecule has 0 aromatic rings. The molecule has 14 heteroatoms. The monoisotopic (exact) mass is 280 g/mol. The molecule has 6 spiro atoms. The quantitative estimate of drug-likeness (QED) is 0.408. The second kappa shape index (κ2) is 0.634. The second-order valence-electron chi connectivity index (χ2n) is 6.28. The normalized spacial score (nSPS) is 144. The van der Waals surface area contributed by atoms with Crippen molar-refractivity contribution in [2.45, 2.75) is 0 Å². The van der Waals surface area contributed by atoms with E-state index in [2.05, 4.69) is 31.2 Å². The zero-order chi connectivity index (χ0) is 7.62. The van der Waals surface area contributed by atoms with E-state index < -0.39 is 52.3 Å². The topological polar surface area (TPSA) is 25.9 Å². The largest absolute Gasteiger partial charge is 0.346 e. The number of hydrogen-bond donors (Lipinski definition) is 0. The van der Waals surface area contributed by atoms with Crippen LogP contribution in [0.5, 0.6) is 0 Å². The van der Waals surface area contributed by atoms with Crippen molar-refractivity contribution < 1.29 is 0 Å². The Kier molecular flexibility index (Phi) is 0.212. The van der Waals surface area contributed by atoms with E-state index in [0.717, 1.165) is 0 Å². The summed E-state index contributed by atoms with van der Waals surface area (Å²) in [6, 6.07) is 0. The molecule has 26 fully saturated rings. The van der Waals surface area contributed by atoms with Gasteiger partial charge in [0.2, 0.25) is 0 Å². The molecule has 8 nitrogen and oxygen atoms in total. The van der Waals surface area contributed by atoms with E-state index in [9.17, 15) is 0 Å². The maximum Gasteiger partial charge on any atom is 0.346 e. The van der Waals surface area contributed by atoms with Crippen LogP contribution in [0.25, 0.3) is 0 Å². The lowest BCUT2D eigenvalue weighted by Gasteiger charge is -3.43. The van der Waals surface area contributed by atoms with E-state index in [-0.39, 0.29) is 0 Å². The molecule has 26 heterocycles. The van der Waals surface area contributed by atoms with E-state index in [1.807, 2.05) is 0 Å². The lowest BCUT2D eigenvalue weighted by molar-refractivity contribution is -0.180. The predicted octanol–water partition coefficient (Wildman–Crippen LogP) is -4.83. The van der Waals surface area contributed by atoms with Crippen LogP contribution in [0.15, 0.2) is 0 Å². The number of rotatable bonds is 0. The Labute approximate surface area is 83.6 Å². The van der Waals surface area contributed by atoms with Crippen LogP contribution in [-0.2, 0) is 0 Å². The Hall–Kier alpha value is 0.981. The maximum absolute atomic E-state index is 2.98. The van der Waals surface area contributed by atoms with Gasteiger partial charge in [0.25, 0.3) is 0 Å². The first-order valence-electron chi connectivity index (χ1n) is 5.37. The molecular formula is N8Si6. The summed E-state index contributed by atoms with van der Waals surface area (Å²) in [7, 11) is -3.67. The summed E-state index contributed by atoms with van der Waals surface area (Å²) >= 11 is 0. The molecule has 14 heavy (non-hydrogen) atoms. The highest BCUT2D eigenvalue weighted by molar-refractivity contribution is 7.78. The molecule has 26 saturated heterocycles. The Balaban J connectivity index is 0.0000000686. The molecule has 0 unspecified atom stereocenters. The molecule has 26 rings (SSSR count). The van der Waals surface area contributed by atoms with Crippen LogP contribution >= 0.6 is 0 Å². The van der Waals surface area contributed by atoms with Crippen molar-refractivity contribution >= 4 is 52.3 Å². The van der Waals surface area contributed by atoms with Crippen molar-refractivity contribution in [1.29, 1.82) is 0 Å². The van der Waals surface area contributed by atoms with Gasteiger partial charge in [-0.3, -0.25) is 31.2 Å². The average molecular weight is 281 g/mol. The van der Waals surface area contributed by atoms with Gasteiger partial charge in [0.1, 0.15) is 0 Å². The van der Waals surface area contributed by atoms with Crippen molar-refractivity contribution in [2.75, 3.05) is 0 Å². The highest BCUT2D eigenvalue weighted by atomic mass is 28.9. The van der Waals surface area contributed by atoms with Crippen LogP contribution in [0.1, 0.15) is 0 Å². The minimum absolute atomic E-state index is 0.611. The highest BCUT2D eigenvalue weighted by Gasteiger charge is 3.53. The van der Waals surface area contributed by atoms with Crippen molar-refractivity contribution in [1.82, 2.24) is 31.2 Å². The molecule has 0 atom stereocenters. The Morgan fingerprint density at radius 3 is 0.357 bits per heavy atom. The zero-order valence-electron chi connectivity index (χ0n) is 6.58. The Bertz CT molecular complexity index is 426. The van der Waals surface area contributed by atoms with Crippen LogP contribution in [0, 0.1) is 0 Å². The smallest absolute Gasteiger partial charge is 0.260 e. The van der Waals surface area contributed by atoms with Crippen LogP contribution in [0.3, 0.4) is 0 Å². The molecule has 0 saturated carbocycles. The Morgan fingerprint density at radius 1 is 0.286 bits per heavy atom. The van der Waals surface area contributed by atoms with Gasteiger partial charge in [-0.25, -0.2) is 0 Å². The van der Waals surface area contributed by atoms with Crippen molar-refractivity contribution in [2.24, 2.45) is 0 Å². The number of nitrogens with zero attached hydrogens (tertiary/aromatic N) is 8. The van der Waals surface area contributed by atoms with E-state index in [0.29, 0.717) is 0 Å². The molecule has 0 aromatic heterocycles. The van der Waals surface area contributed by atoms with Crippen LogP contribution < -0.4 is 0 Å². The van der Waals surface area contributed by atoms with Gasteiger partial charge in [0.15, 0.2) is 0 Å². The fourth-order valence-electron chi connectivity index (χ4n) is 6.82. The first-order chi connectivity index (χ1) is 6.93. The van der Waals surface area contributed by atoms with Gasteiger partial charge >= 0.3 is 52.3 Å². The van der Waals surface area contributed by atoms with E-state index in [4.69, 9.17) is 0 Å². The molecular weight excluding hydrogens is 281 g/mol. The fourth-order valence-corrected chi connectivity index (χ4v) is 93.8. The molecule has 0 radical (unpaired) electrons. The van der Waals surface area contributed by atoms with Crippen molar-refractivity contribution in [3.05, 3.63) is 0 Å². The predicted molar refractivity (Wildman–Crippen MR) is 49.2 cm³/mol. The molecule has 26 aliphatic rings. The van der Waals surface area contributed by atoms with E-state index in [1.165, 1.54) is 0 Å². The summed E-state index contributed by atoms with van der Waals surface area (Å²) in [5.74, 6) is 0. The number of hydrogen-bond acceptors (Lipinski definition) is 8. The molecule has 0 aliphatic carbocycles. The zero-order valence-corrected chi connectivity index (χ0v) is 12.6. The Morgan fingerprint density at radius 2 is 0.357 bits per heavy atom. The standard InChI is InChI=1S/2N4Si3/c2*1-5-2-6(1)3(5)7(1,2)4(5)6. The van der Waals surface area contributed by atoms with Crippen LogP contribution in [0.4, 0.5) is 0 Å². The molecule has 64 valence electrons. The first kappa shape index (κ1) is 4.69. The minimum Gasteiger partial charge on any atom is -0.260 e. The lowest BCUT2D eigenvalue weighted by atomic mass is 13.2. The van der Waals surface area contributed by atoms with Gasteiger partial charge in [-0.2, -0.15) is 0 Å². The second-order valence-corrected chi connectivity index (χ2v) is 34.9. The van der Waals surface area contributed by atoms with Crippen LogP contribution in [-0.4, -0.2) is 83.5 Å². The van der Waals surface area contributed by atoms with E-state index in [1.54, 1.807) is 0 Å².